The van der Waals surface area contributed by atoms with Crippen molar-refractivity contribution in [2.24, 2.45) is 12.5 Å². The van der Waals surface area contributed by atoms with E-state index in [1.807, 2.05) is 4.72 Å². The molecule has 53 heavy (non-hydrogen) atoms. The average Bonchev–Trinajstić information content (AvgIpc) is 3.07. The summed E-state index contributed by atoms with van der Waals surface area (Å²) in [5.41, 5.74) is -2.18. The number of carbonyl (C=O) groups excluding carboxylic acids is 3. The van der Waals surface area contributed by atoms with E-state index in [1.54, 1.807) is 48.5 Å². The first-order valence-electron chi connectivity index (χ1n) is 16.2. The van der Waals surface area contributed by atoms with Gasteiger partial charge in [0.25, 0.3) is 21.5 Å². The van der Waals surface area contributed by atoms with E-state index >= 15 is 8.78 Å². The predicted octanol–water partition coefficient (Wildman–Crippen LogP) is 3.30. The smallest absolute Gasteiger partial charge is 0.336 e. The lowest BCUT2D eigenvalue weighted by molar-refractivity contribution is -0.149. The summed E-state index contributed by atoms with van der Waals surface area (Å²) >= 11 is 0. The van der Waals surface area contributed by atoms with Gasteiger partial charge in [-0.05, 0) is 57.5 Å². The summed E-state index contributed by atoms with van der Waals surface area (Å²) < 4.78 is 65.6. The first-order chi connectivity index (χ1) is 24.6. The minimum absolute atomic E-state index is 0.0124. The van der Waals surface area contributed by atoms with Gasteiger partial charge in [0.1, 0.15) is 23.5 Å². The van der Waals surface area contributed by atoms with Crippen LogP contribution < -0.4 is 26.6 Å². The molecule has 18 heteroatoms. The molecule has 0 aliphatic heterocycles. The van der Waals surface area contributed by atoms with E-state index in [9.17, 15) is 32.4 Å². The Kier molecular flexibility index (Phi) is 11.7. The highest BCUT2D eigenvalue weighted by Crippen LogP contribution is 2.24. The van der Waals surface area contributed by atoms with E-state index in [4.69, 9.17) is 4.74 Å². The second-order valence-corrected chi connectivity index (χ2v) is 15.1. The van der Waals surface area contributed by atoms with Gasteiger partial charge in [0.05, 0.1) is 29.2 Å². The summed E-state index contributed by atoms with van der Waals surface area (Å²) in [5, 5.41) is 4.35. The number of benzene rings is 1. The number of esters is 1. The Bertz CT molecular complexity index is 2260. The number of nitrogens with one attached hydrogen (secondary N) is 3. The zero-order valence-corrected chi connectivity index (χ0v) is 31.0. The molecule has 0 spiro atoms. The molecule has 0 aliphatic carbocycles. The van der Waals surface area contributed by atoms with Crippen LogP contribution in [0.2, 0.25) is 0 Å². The van der Waals surface area contributed by atoms with Gasteiger partial charge in [-0.25, -0.2) is 32.9 Å². The second-order valence-electron chi connectivity index (χ2n) is 13.4. The molecule has 2 amide bonds. The maximum absolute atomic E-state index is 15.3. The molecule has 15 nitrogen and oxygen atoms in total. The van der Waals surface area contributed by atoms with Gasteiger partial charge in [-0.2, -0.15) is 8.42 Å². The fraction of sp³-hybridized carbons (Fsp3) is 0.343. The number of rotatable bonds is 11. The zero-order valence-electron chi connectivity index (χ0n) is 30.2. The van der Waals surface area contributed by atoms with E-state index in [1.165, 1.54) is 36.0 Å². The molecule has 4 rings (SSSR count). The van der Waals surface area contributed by atoms with Crippen LogP contribution in [0.25, 0.3) is 5.82 Å². The fourth-order valence-electron chi connectivity index (χ4n) is 4.73. The van der Waals surface area contributed by atoms with E-state index < -0.39 is 78.6 Å². The Hall–Kier alpha value is -5.78. The van der Waals surface area contributed by atoms with E-state index in [2.05, 4.69) is 20.6 Å². The van der Waals surface area contributed by atoms with Crippen LogP contribution >= 0.6 is 0 Å². The topological polar surface area (TPSA) is 200 Å². The van der Waals surface area contributed by atoms with Gasteiger partial charge in [-0.3, -0.25) is 19.1 Å². The number of aromatic nitrogens is 4. The minimum Gasteiger partial charge on any atom is -0.461 e. The van der Waals surface area contributed by atoms with Crippen LogP contribution in [0.15, 0.2) is 63.4 Å². The molecule has 3 aromatic heterocycles. The number of amides is 2. The molecule has 0 radical (unpaired) electrons. The molecule has 3 heterocycles. The summed E-state index contributed by atoms with van der Waals surface area (Å²) in [4.78, 5) is 72.1. The maximum atomic E-state index is 15.3. The summed E-state index contributed by atoms with van der Waals surface area (Å²) in [6.45, 7) is 11.4. The van der Waals surface area contributed by atoms with Crippen molar-refractivity contribution in [1.82, 2.24) is 24.4 Å². The maximum Gasteiger partial charge on any atom is 0.336 e. The van der Waals surface area contributed by atoms with Crippen molar-refractivity contribution < 1.29 is 36.3 Å². The highest BCUT2D eigenvalue weighted by molar-refractivity contribution is 7.92. The lowest BCUT2D eigenvalue weighted by Gasteiger charge is -2.20. The Morgan fingerprint density at radius 2 is 1.64 bits per heavy atom. The highest BCUT2D eigenvalue weighted by atomic mass is 32.2. The largest absolute Gasteiger partial charge is 0.461 e. The molecular weight excluding hydrogens is 716 g/mol. The van der Waals surface area contributed by atoms with Gasteiger partial charge in [-0.1, -0.05) is 26.8 Å². The molecule has 0 bridgehead atoms. The quantitative estimate of drug-likeness (QED) is 0.191. The Morgan fingerprint density at radius 3 is 2.21 bits per heavy atom. The fourth-order valence-corrected chi connectivity index (χ4v) is 5.72. The third-order valence-electron chi connectivity index (χ3n) is 7.96. The third kappa shape index (κ3) is 9.18. The molecule has 1 aromatic carbocycles. The van der Waals surface area contributed by atoms with Crippen LogP contribution in [0.3, 0.4) is 0 Å². The first kappa shape index (κ1) is 40.0. The monoisotopic (exact) mass is 755 g/mol. The second kappa shape index (κ2) is 15.4. The molecule has 4 aromatic rings. The molecule has 0 unspecified atom stereocenters. The Morgan fingerprint density at radius 1 is 0.962 bits per heavy atom. The van der Waals surface area contributed by atoms with Crippen molar-refractivity contribution in [2.45, 2.75) is 72.1 Å². The van der Waals surface area contributed by atoms with Gasteiger partial charge in [-0.15, -0.1) is 0 Å². The number of nitrogens with zero attached hydrogens (tertiary/aromatic N) is 4. The van der Waals surface area contributed by atoms with E-state index in [-0.39, 0.29) is 23.8 Å². The van der Waals surface area contributed by atoms with Crippen LogP contribution in [0.5, 0.6) is 0 Å². The minimum atomic E-state index is -4.55. The standard InChI is InChI=1S/C35H39F2N7O8S/c1-18(2)52-32(47)27(13-21-9-11-28(38-16-21)44-31(46)19(3)20(4)43(8)34(44)49)41-30(45)23-14-25(37)26(15-24(23)36)42-53(50,51)29-12-10-22(17-39-29)40-33(48)35(5,6)7/h9-12,14-18,27,42H,13H2,1-8H3,(H,40,48)(H,41,45)/t27-/m0/s1. The lowest BCUT2D eigenvalue weighted by atomic mass is 9.96. The first-order valence-corrected chi connectivity index (χ1v) is 17.6. The number of halogens is 2. The van der Waals surface area contributed by atoms with Crippen molar-refractivity contribution in [3.05, 3.63) is 104 Å². The van der Waals surface area contributed by atoms with Gasteiger partial charge in [0.2, 0.25) is 5.91 Å². The molecule has 3 N–H and O–H groups in total. The summed E-state index contributed by atoms with van der Waals surface area (Å²) in [6.07, 6.45) is 1.52. The molecule has 0 saturated carbocycles. The third-order valence-corrected chi connectivity index (χ3v) is 9.24. The highest BCUT2D eigenvalue weighted by Gasteiger charge is 2.28. The van der Waals surface area contributed by atoms with Crippen LogP contribution in [-0.2, 0) is 37.8 Å². The van der Waals surface area contributed by atoms with Gasteiger partial charge in [0.15, 0.2) is 5.03 Å². The number of hydrogen-bond acceptors (Lipinski definition) is 10. The van der Waals surface area contributed by atoms with E-state index in [0.717, 1.165) is 16.8 Å². The van der Waals surface area contributed by atoms with Crippen molar-refractivity contribution >= 4 is 39.2 Å². The molecule has 0 fully saturated rings. The number of pyridine rings is 2. The number of carbonyl (C=O) groups is 3. The number of hydrogen-bond donors (Lipinski definition) is 3. The van der Waals surface area contributed by atoms with Crippen LogP contribution in [0.1, 0.15) is 61.8 Å². The van der Waals surface area contributed by atoms with Gasteiger partial charge < -0.3 is 19.9 Å². The Balaban J connectivity index is 1.54. The lowest BCUT2D eigenvalue weighted by Crippen LogP contribution is -2.44. The summed E-state index contributed by atoms with van der Waals surface area (Å²) in [5.74, 6) is -5.09. The van der Waals surface area contributed by atoms with Gasteiger partial charge >= 0.3 is 11.7 Å². The predicted molar refractivity (Wildman–Crippen MR) is 190 cm³/mol. The summed E-state index contributed by atoms with van der Waals surface area (Å²) in [7, 11) is -3.04. The SMILES string of the molecule is Cc1c(C)n(C)c(=O)n(-c2ccc(C[C@H](NC(=O)c3cc(F)c(NS(=O)(=O)c4ccc(NC(=O)C(C)(C)C)cn4)cc3F)C(=O)OC(C)C)cn2)c1=O. The van der Waals surface area contributed by atoms with Crippen molar-refractivity contribution in [1.29, 1.82) is 0 Å². The van der Waals surface area contributed by atoms with Crippen LogP contribution in [0, 0.1) is 30.9 Å². The van der Waals surface area contributed by atoms with Crippen molar-refractivity contribution in [3.8, 4) is 5.82 Å². The van der Waals surface area contributed by atoms with E-state index in [0.29, 0.717) is 29.0 Å². The van der Waals surface area contributed by atoms with Crippen molar-refractivity contribution in [2.75, 3.05) is 10.0 Å². The Labute approximate surface area is 303 Å². The average molecular weight is 756 g/mol. The summed E-state index contributed by atoms with van der Waals surface area (Å²) in [6, 6.07) is 4.67. The molecule has 0 aliphatic rings. The number of ether oxygens (including phenoxy) is 1. The normalized spacial score (nSPS) is 12.3. The van der Waals surface area contributed by atoms with Crippen molar-refractivity contribution in [3.63, 3.8) is 0 Å². The van der Waals surface area contributed by atoms with Gasteiger partial charge in [0, 0.05) is 42.4 Å². The number of anilines is 2. The molecular formula is C35H39F2N7O8S. The van der Waals surface area contributed by atoms with Crippen LogP contribution in [-0.4, -0.2) is 57.4 Å². The molecule has 282 valence electrons. The van der Waals surface area contributed by atoms with Crippen LogP contribution in [0.4, 0.5) is 20.2 Å². The molecule has 0 saturated heterocycles. The zero-order chi connectivity index (χ0) is 39.6. The molecule has 1 atom stereocenters. The number of sulfonamides is 1.